The average molecular weight is 214 g/mol. The van der Waals surface area contributed by atoms with Crippen LogP contribution in [0.2, 0.25) is 0 Å². The molecule has 0 heterocycles. The zero-order chi connectivity index (χ0) is 11.4. The van der Waals surface area contributed by atoms with Crippen molar-refractivity contribution in [1.29, 1.82) is 0 Å². The van der Waals surface area contributed by atoms with Crippen LogP contribution in [0, 0.1) is 17.8 Å². The summed E-state index contributed by atoms with van der Waals surface area (Å²) in [7, 11) is 0. The molecule has 0 bridgehead atoms. The molecule has 4 nitrogen and oxygen atoms in total. The van der Waals surface area contributed by atoms with Crippen molar-refractivity contribution in [3.8, 4) is 0 Å². The molecule has 0 aromatic heterocycles. The highest BCUT2D eigenvalue weighted by atomic mass is 16.4. The van der Waals surface area contributed by atoms with Crippen molar-refractivity contribution in [3.63, 3.8) is 0 Å². The van der Waals surface area contributed by atoms with Gasteiger partial charge in [0.1, 0.15) is 0 Å². The van der Waals surface area contributed by atoms with E-state index in [0.29, 0.717) is 0 Å². The molecule has 1 atom stereocenters. The summed E-state index contributed by atoms with van der Waals surface area (Å²) >= 11 is 0. The number of hydrogen-bond donors (Lipinski definition) is 2. The molecule has 1 aliphatic carbocycles. The molecule has 0 saturated heterocycles. The average Bonchev–Trinajstić information content (AvgIpc) is 2.18. The van der Waals surface area contributed by atoms with Gasteiger partial charge in [0, 0.05) is 0 Å². The molecule has 0 spiro atoms. The third kappa shape index (κ3) is 2.94. The molecule has 0 aromatic carbocycles. The summed E-state index contributed by atoms with van der Waals surface area (Å²) in [6.45, 7) is 1.75. The minimum atomic E-state index is -1.24. The lowest BCUT2D eigenvalue weighted by molar-refractivity contribution is -0.158. The molecule has 1 rings (SSSR count). The van der Waals surface area contributed by atoms with Gasteiger partial charge in [-0.3, -0.25) is 9.59 Å². The highest BCUT2D eigenvalue weighted by Crippen LogP contribution is 2.33. The second-order valence-corrected chi connectivity index (χ2v) is 4.41. The molecule has 0 aromatic rings. The fourth-order valence-corrected chi connectivity index (χ4v) is 2.49. The Labute approximate surface area is 89.3 Å². The zero-order valence-electron chi connectivity index (χ0n) is 8.98. The molecular weight excluding hydrogens is 196 g/mol. The number of aliphatic carboxylic acids is 2. The van der Waals surface area contributed by atoms with E-state index in [9.17, 15) is 9.59 Å². The summed E-state index contributed by atoms with van der Waals surface area (Å²) in [5.41, 5.74) is 0. The van der Waals surface area contributed by atoms with Gasteiger partial charge in [-0.25, -0.2) is 0 Å². The first-order chi connectivity index (χ1) is 7.04. The minimum absolute atomic E-state index is 0.260. The van der Waals surface area contributed by atoms with Crippen molar-refractivity contribution in [3.05, 3.63) is 0 Å². The van der Waals surface area contributed by atoms with E-state index in [4.69, 9.17) is 10.2 Å². The standard InChI is InChI=1S/C11H18O4/c1-7(8-5-3-2-4-6-8)9(10(12)13)11(14)15/h7-9H,2-6H2,1H3,(H,12,13)(H,14,15). The molecule has 2 N–H and O–H groups in total. The molecule has 0 aliphatic heterocycles. The van der Waals surface area contributed by atoms with Crippen LogP contribution in [0.15, 0.2) is 0 Å². The molecule has 1 saturated carbocycles. The van der Waals surface area contributed by atoms with Crippen LogP contribution in [0.3, 0.4) is 0 Å². The molecule has 1 aliphatic rings. The van der Waals surface area contributed by atoms with Gasteiger partial charge >= 0.3 is 11.9 Å². The Morgan fingerprint density at radius 2 is 1.53 bits per heavy atom. The van der Waals surface area contributed by atoms with Crippen LogP contribution in [0.25, 0.3) is 0 Å². The Kier molecular flexibility index (Phi) is 4.12. The fourth-order valence-electron chi connectivity index (χ4n) is 2.49. The Morgan fingerprint density at radius 3 is 1.93 bits per heavy atom. The molecule has 1 unspecified atom stereocenters. The minimum Gasteiger partial charge on any atom is -0.481 e. The Morgan fingerprint density at radius 1 is 1.07 bits per heavy atom. The molecule has 0 amide bonds. The number of hydrogen-bond acceptors (Lipinski definition) is 2. The van der Waals surface area contributed by atoms with E-state index in [-0.39, 0.29) is 11.8 Å². The summed E-state index contributed by atoms with van der Waals surface area (Å²) < 4.78 is 0. The second kappa shape index (κ2) is 5.14. The monoisotopic (exact) mass is 214 g/mol. The van der Waals surface area contributed by atoms with Crippen molar-refractivity contribution in [2.24, 2.45) is 17.8 Å². The predicted octanol–water partition coefficient (Wildman–Crippen LogP) is 1.99. The topological polar surface area (TPSA) is 74.6 Å². The van der Waals surface area contributed by atoms with E-state index in [0.717, 1.165) is 25.7 Å². The van der Waals surface area contributed by atoms with Gasteiger partial charge in [0.05, 0.1) is 0 Å². The third-order valence-electron chi connectivity index (χ3n) is 3.45. The Balaban J connectivity index is 2.65. The quantitative estimate of drug-likeness (QED) is 0.702. The van der Waals surface area contributed by atoms with Crippen molar-refractivity contribution in [2.45, 2.75) is 39.0 Å². The van der Waals surface area contributed by atoms with E-state index >= 15 is 0 Å². The first kappa shape index (κ1) is 12.0. The maximum atomic E-state index is 10.8. The molecule has 4 heteroatoms. The smallest absolute Gasteiger partial charge is 0.318 e. The SMILES string of the molecule is CC(C1CCCCC1)C(C(=O)O)C(=O)O. The van der Waals surface area contributed by atoms with E-state index in [1.165, 1.54) is 6.42 Å². The van der Waals surface area contributed by atoms with Gasteiger partial charge in [-0.15, -0.1) is 0 Å². The summed E-state index contributed by atoms with van der Waals surface area (Å²) in [6, 6.07) is 0. The Hall–Kier alpha value is -1.06. The maximum absolute atomic E-state index is 10.8. The lowest BCUT2D eigenvalue weighted by Crippen LogP contribution is -2.34. The number of carboxylic acid groups (broad SMARTS) is 2. The summed E-state index contributed by atoms with van der Waals surface area (Å²) in [5.74, 6) is -3.66. The zero-order valence-corrected chi connectivity index (χ0v) is 8.98. The van der Waals surface area contributed by atoms with Crippen LogP contribution >= 0.6 is 0 Å². The van der Waals surface area contributed by atoms with Gasteiger partial charge in [-0.1, -0.05) is 39.0 Å². The van der Waals surface area contributed by atoms with E-state index < -0.39 is 17.9 Å². The molecule has 1 fully saturated rings. The van der Waals surface area contributed by atoms with E-state index in [2.05, 4.69) is 0 Å². The van der Waals surface area contributed by atoms with Gasteiger partial charge in [0.2, 0.25) is 0 Å². The van der Waals surface area contributed by atoms with Crippen LogP contribution in [0.5, 0.6) is 0 Å². The van der Waals surface area contributed by atoms with Crippen LogP contribution in [0.1, 0.15) is 39.0 Å². The highest BCUT2D eigenvalue weighted by Gasteiger charge is 2.36. The summed E-state index contributed by atoms with van der Waals surface area (Å²) in [4.78, 5) is 21.7. The van der Waals surface area contributed by atoms with Crippen LogP contribution in [0.4, 0.5) is 0 Å². The first-order valence-corrected chi connectivity index (χ1v) is 5.49. The van der Waals surface area contributed by atoms with Crippen LogP contribution in [-0.4, -0.2) is 22.2 Å². The van der Waals surface area contributed by atoms with Crippen molar-refractivity contribution < 1.29 is 19.8 Å². The normalized spacial score (nSPS) is 20.1. The first-order valence-electron chi connectivity index (χ1n) is 5.49. The van der Waals surface area contributed by atoms with Crippen LogP contribution in [-0.2, 0) is 9.59 Å². The van der Waals surface area contributed by atoms with Crippen LogP contribution < -0.4 is 0 Å². The largest absolute Gasteiger partial charge is 0.481 e. The van der Waals surface area contributed by atoms with E-state index in [1.807, 2.05) is 0 Å². The summed E-state index contributed by atoms with van der Waals surface area (Å²) in [6.07, 6.45) is 5.33. The Bertz CT molecular complexity index is 229. The molecule has 15 heavy (non-hydrogen) atoms. The van der Waals surface area contributed by atoms with Crippen molar-refractivity contribution in [2.75, 3.05) is 0 Å². The maximum Gasteiger partial charge on any atom is 0.318 e. The molecule has 86 valence electrons. The fraction of sp³-hybridized carbons (Fsp3) is 0.818. The number of carboxylic acids is 2. The van der Waals surface area contributed by atoms with E-state index in [1.54, 1.807) is 6.92 Å². The lowest BCUT2D eigenvalue weighted by Gasteiger charge is -2.29. The molecule has 0 radical (unpaired) electrons. The highest BCUT2D eigenvalue weighted by molar-refractivity contribution is 5.93. The lowest BCUT2D eigenvalue weighted by atomic mass is 9.75. The van der Waals surface area contributed by atoms with Gasteiger partial charge in [-0.2, -0.15) is 0 Å². The number of rotatable bonds is 4. The van der Waals surface area contributed by atoms with Crippen molar-refractivity contribution in [1.82, 2.24) is 0 Å². The second-order valence-electron chi connectivity index (χ2n) is 4.41. The van der Waals surface area contributed by atoms with Crippen molar-refractivity contribution >= 4 is 11.9 Å². The van der Waals surface area contributed by atoms with Gasteiger partial charge in [0.25, 0.3) is 0 Å². The van der Waals surface area contributed by atoms with Gasteiger partial charge in [-0.05, 0) is 11.8 Å². The number of carbonyl (C=O) groups is 2. The third-order valence-corrected chi connectivity index (χ3v) is 3.45. The van der Waals surface area contributed by atoms with Gasteiger partial charge in [0.15, 0.2) is 5.92 Å². The molecular formula is C11H18O4. The van der Waals surface area contributed by atoms with Gasteiger partial charge < -0.3 is 10.2 Å². The predicted molar refractivity (Wildman–Crippen MR) is 54.5 cm³/mol. The summed E-state index contributed by atoms with van der Waals surface area (Å²) in [5, 5.41) is 17.7.